The lowest BCUT2D eigenvalue weighted by molar-refractivity contribution is -0.114. The van der Waals surface area contributed by atoms with E-state index >= 15 is 0 Å². The van der Waals surface area contributed by atoms with Crippen LogP contribution >= 0.6 is 0 Å². The highest BCUT2D eigenvalue weighted by Gasteiger charge is 2.04. The third-order valence-electron chi connectivity index (χ3n) is 3.72. The quantitative estimate of drug-likeness (QED) is 0.749. The van der Waals surface area contributed by atoms with Gasteiger partial charge in [-0.1, -0.05) is 12.1 Å². The number of nitrogens with zero attached hydrogens (tertiary/aromatic N) is 3. The normalized spacial score (nSPS) is 10.5. The molecule has 1 aromatic carbocycles. The van der Waals surface area contributed by atoms with Gasteiger partial charge in [-0.15, -0.1) is 0 Å². The number of aromatic nitrogens is 3. The number of rotatable bonds is 5. The minimum absolute atomic E-state index is 0.0773. The molecule has 1 amide bonds. The molecule has 128 valence electrons. The Hall–Kier alpha value is -3.15. The van der Waals surface area contributed by atoms with Crippen molar-refractivity contribution in [2.75, 3.05) is 10.6 Å². The molecule has 6 heteroatoms. The van der Waals surface area contributed by atoms with E-state index in [-0.39, 0.29) is 5.91 Å². The van der Waals surface area contributed by atoms with Crippen LogP contribution in [0, 0.1) is 13.8 Å². The molecule has 2 aromatic heterocycles. The largest absolute Gasteiger partial charge is 0.366 e. The van der Waals surface area contributed by atoms with Crippen molar-refractivity contribution >= 4 is 17.4 Å². The van der Waals surface area contributed by atoms with Gasteiger partial charge in [0.1, 0.15) is 5.82 Å². The zero-order valence-electron chi connectivity index (χ0n) is 14.6. The van der Waals surface area contributed by atoms with Gasteiger partial charge in [0.2, 0.25) is 5.91 Å². The maximum absolute atomic E-state index is 11.1. The van der Waals surface area contributed by atoms with E-state index in [1.54, 1.807) is 6.20 Å². The number of carbonyl (C=O) groups excluding carboxylic acids is 1. The van der Waals surface area contributed by atoms with Crippen molar-refractivity contribution in [1.82, 2.24) is 14.8 Å². The van der Waals surface area contributed by atoms with Crippen molar-refractivity contribution in [2.45, 2.75) is 27.3 Å². The molecule has 2 N–H and O–H groups in total. The van der Waals surface area contributed by atoms with Crippen LogP contribution in [0.3, 0.4) is 0 Å². The Morgan fingerprint density at radius 1 is 1.16 bits per heavy atom. The van der Waals surface area contributed by atoms with Gasteiger partial charge in [-0.2, -0.15) is 5.10 Å². The molecule has 0 spiro atoms. The van der Waals surface area contributed by atoms with Crippen LogP contribution in [0.5, 0.6) is 0 Å². The van der Waals surface area contributed by atoms with E-state index in [0.717, 1.165) is 34.1 Å². The molecule has 0 aliphatic carbocycles. The van der Waals surface area contributed by atoms with Crippen LogP contribution in [0.15, 0.2) is 48.7 Å². The highest BCUT2D eigenvalue weighted by Crippen LogP contribution is 2.15. The number of nitrogens with one attached hydrogen (secondary N) is 2. The average molecular weight is 335 g/mol. The van der Waals surface area contributed by atoms with Gasteiger partial charge in [-0.3, -0.25) is 4.79 Å². The average Bonchev–Trinajstić information content (AvgIpc) is 2.92. The van der Waals surface area contributed by atoms with Crippen molar-refractivity contribution < 1.29 is 4.79 Å². The monoisotopic (exact) mass is 335 g/mol. The third kappa shape index (κ3) is 4.23. The summed E-state index contributed by atoms with van der Waals surface area (Å²) in [4.78, 5) is 15.6. The van der Waals surface area contributed by atoms with E-state index < -0.39 is 0 Å². The second kappa shape index (κ2) is 7.17. The molecule has 0 unspecified atom stereocenters. The molecule has 0 radical (unpaired) electrons. The summed E-state index contributed by atoms with van der Waals surface area (Å²) in [5.74, 6) is 0.710. The Morgan fingerprint density at radius 2 is 2.00 bits per heavy atom. The molecule has 2 heterocycles. The Labute approximate surface area is 146 Å². The van der Waals surface area contributed by atoms with Crippen molar-refractivity contribution in [3.05, 3.63) is 65.6 Å². The summed E-state index contributed by atoms with van der Waals surface area (Å²) < 4.78 is 1.88. The molecule has 0 aliphatic heterocycles. The van der Waals surface area contributed by atoms with Crippen LogP contribution in [0.2, 0.25) is 0 Å². The van der Waals surface area contributed by atoms with Crippen molar-refractivity contribution in [3.63, 3.8) is 0 Å². The maximum atomic E-state index is 11.1. The number of hydrogen-bond donors (Lipinski definition) is 2. The molecular weight excluding hydrogens is 314 g/mol. The predicted molar refractivity (Wildman–Crippen MR) is 98.9 cm³/mol. The minimum Gasteiger partial charge on any atom is -0.366 e. The van der Waals surface area contributed by atoms with Gasteiger partial charge in [0.15, 0.2) is 0 Å². The van der Waals surface area contributed by atoms with Crippen LogP contribution in [-0.4, -0.2) is 20.7 Å². The first kappa shape index (κ1) is 16.7. The maximum Gasteiger partial charge on any atom is 0.221 e. The second-order valence-corrected chi connectivity index (χ2v) is 5.98. The van der Waals surface area contributed by atoms with E-state index in [1.807, 2.05) is 61.0 Å². The van der Waals surface area contributed by atoms with E-state index in [4.69, 9.17) is 0 Å². The van der Waals surface area contributed by atoms with E-state index in [0.29, 0.717) is 6.54 Å². The van der Waals surface area contributed by atoms with Gasteiger partial charge < -0.3 is 10.6 Å². The predicted octanol–water partition coefficient (Wildman–Crippen LogP) is 3.45. The zero-order valence-corrected chi connectivity index (χ0v) is 14.6. The van der Waals surface area contributed by atoms with Crippen molar-refractivity contribution in [2.24, 2.45) is 0 Å². The van der Waals surface area contributed by atoms with Gasteiger partial charge in [0.05, 0.1) is 17.6 Å². The Balaban J connectivity index is 1.66. The smallest absolute Gasteiger partial charge is 0.221 e. The lowest BCUT2D eigenvalue weighted by Gasteiger charge is -2.09. The molecular formula is C19H21N5O. The van der Waals surface area contributed by atoms with E-state index in [2.05, 4.69) is 20.7 Å². The summed E-state index contributed by atoms with van der Waals surface area (Å²) in [5.41, 5.74) is 4.85. The first-order chi connectivity index (χ1) is 12.0. The molecule has 0 fully saturated rings. The molecule has 0 aliphatic rings. The number of amides is 1. The van der Waals surface area contributed by atoms with Crippen LogP contribution in [0.4, 0.5) is 11.5 Å². The standard InChI is InChI=1S/C19H21N5O/c1-13-9-14(2)24(23-13)18-7-8-19(21-12-18)20-11-16-5-4-6-17(10-16)22-15(3)25/h4-10,12H,11H2,1-3H3,(H,20,21)(H,22,25). The summed E-state index contributed by atoms with van der Waals surface area (Å²) in [6, 6.07) is 13.7. The number of anilines is 2. The van der Waals surface area contributed by atoms with Crippen LogP contribution in [-0.2, 0) is 11.3 Å². The topological polar surface area (TPSA) is 71.8 Å². The van der Waals surface area contributed by atoms with Crippen LogP contribution in [0.25, 0.3) is 5.69 Å². The molecule has 25 heavy (non-hydrogen) atoms. The van der Waals surface area contributed by atoms with Gasteiger partial charge >= 0.3 is 0 Å². The fourth-order valence-corrected chi connectivity index (χ4v) is 2.66. The Bertz CT molecular complexity index is 883. The van der Waals surface area contributed by atoms with Gasteiger partial charge in [-0.05, 0) is 49.7 Å². The number of hydrogen-bond acceptors (Lipinski definition) is 4. The summed E-state index contributed by atoms with van der Waals surface area (Å²) in [5, 5.41) is 10.5. The molecule has 0 atom stereocenters. The Kier molecular flexibility index (Phi) is 4.79. The van der Waals surface area contributed by atoms with Crippen LogP contribution < -0.4 is 10.6 Å². The van der Waals surface area contributed by atoms with E-state index in [1.165, 1.54) is 6.92 Å². The molecule has 3 aromatic rings. The fourth-order valence-electron chi connectivity index (χ4n) is 2.66. The highest BCUT2D eigenvalue weighted by atomic mass is 16.1. The minimum atomic E-state index is -0.0773. The Morgan fingerprint density at radius 3 is 2.64 bits per heavy atom. The number of pyridine rings is 1. The first-order valence-corrected chi connectivity index (χ1v) is 8.11. The van der Waals surface area contributed by atoms with Crippen LogP contribution in [0.1, 0.15) is 23.9 Å². The first-order valence-electron chi connectivity index (χ1n) is 8.11. The molecule has 0 saturated heterocycles. The van der Waals surface area contributed by atoms with Gasteiger partial charge in [0, 0.05) is 24.8 Å². The molecule has 0 saturated carbocycles. The fraction of sp³-hybridized carbons (Fsp3) is 0.211. The second-order valence-electron chi connectivity index (χ2n) is 5.98. The van der Waals surface area contributed by atoms with E-state index in [9.17, 15) is 4.79 Å². The SMILES string of the molecule is CC(=O)Nc1cccc(CNc2ccc(-n3nc(C)cc3C)cn2)c1. The van der Waals surface area contributed by atoms with Gasteiger partial charge in [0.25, 0.3) is 0 Å². The van der Waals surface area contributed by atoms with Crippen molar-refractivity contribution in [1.29, 1.82) is 0 Å². The lowest BCUT2D eigenvalue weighted by Crippen LogP contribution is -2.07. The molecule has 3 rings (SSSR count). The highest BCUT2D eigenvalue weighted by molar-refractivity contribution is 5.88. The molecule has 0 bridgehead atoms. The molecule has 6 nitrogen and oxygen atoms in total. The summed E-state index contributed by atoms with van der Waals surface area (Å²) in [6.45, 7) is 6.12. The summed E-state index contributed by atoms with van der Waals surface area (Å²) >= 11 is 0. The summed E-state index contributed by atoms with van der Waals surface area (Å²) in [7, 11) is 0. The summed E-state index contributed by atoms with van der Waals surface area (Å²) in [6.07, 6.45) is 1.80. The van der Waals surface area contributed by atoms with Gasteiger partial charge in [-0.25, -0.2) is 9.67 Å². The number of benzene rings is 1. The zero-order chi connectivity index (χ0) is 17.8. The van der Waals surface area contributed by atoms with Crippen molar-refractivity contribution in [3.8, 4) is 5.69 Å². The number of carbonyl (C=O) groups is 1. The lowest BCUT2D eigenvalue weighted by atomic mass is 10.2. The number of aryl methyl sites for hydroxylation is 2. The third-order valence-corrected chi connectivity index (χ3v) is 3.72.